The number of esters is 1. The van der Waals surface area contributed by atoms with Crippen LogP contribution in [0.2, 0.25) is 0 Å². The van der Waals surface area contributed by atoms with Gasteiger partial charge in [0.15, 0.2) is 6.79 Å². The standard InChI is InChI=1S/C19H17F3O4/c1-24-12-26-17-9-8-14(19(20,21)22)10-16(17)15(11-18(23)25-2)13-6-4-3-5-7-13/h3-11H,12H2,1-2H3/b15-11+. The third-order valence-corrected chi connectivity index (χ3v) is 3.48. The summed E-state index contributed by atoms with van der Waals surface area (Å²) in [6.07, 6.45) is -3.41. The predicted octanol–water partition coefficient (Wildman–Crippen LogP) is 4.29. The van der Waals surface area contributed by atoms with E-state index in [2.05, 4.69) is 4.74 Å². The van der Waals surface area contributed by atoms with Gasteiger partial charge in [0, 0.05) is 18.7 Å². The van der Waals surface area contributed by atoms with Crippen molar-refractivity contribution in [1.82, 2.24) is 0 Å². The molecule has 0 aromatic heterocycles. The van der Waals surface area contributed by atoms with Crippen molar-refractivity contribution in [3.8, 4) is 5.75 Å². The molecule has 0 spiro atoms. The SMILES string of the molecule is COCOc1ccc(C(F)(F)F)cc1/C(=C/C(=O)OC)c1ccccc1. The summed E-state index contributed by atoms with van der Waals surface area (Å²) in [6.45, 7) is -0.154. The van der Waals surface area contributed by atoms with Gasteiger partial charge >= 0.3 is 12.1 Å². The van der Waals surface area contributed by atoms with Crippen molar-refractivity contribution < 1.29 is 32.2 Å². The average Bonchev–Trinajstić information content (AvgIpc) is 2.64. The Bertz CT molecular complexity index is 783. The van der Waals surface area contributed by atoms with E-state index in [1.165, 1.54) is 20.3 Å². The highest BCUT2D eigenvalue weighted by Crippen LogP contribution is 2.37. The van der Waals surface area contributed by atoms with Crippen LogP contribution in [-0.4, -0.2) is 27.0 Å². The van der Waals surface area contributed by atoms with E-state index in [1.807, 2.05) is 0 Å². The zero-order chi connectivity index (χ0) is 19.2. The molecule has 2 rings (SSSR count). The Morgan fingerprint density at radius 3 is 2.35 bits per heavy atom. The fraction of sp³-hybridized carbons (Fsp3) is 0.211. The van der Waals surface area contributed by atoms with Gasteiger partial charge in [-0.15, -0.1) is 0 Å². The second kappa shape index (κ2) is 8.53. The zero-order valence-corrected chi connectivity index (χ0v) is 14.2. The summed E-state index contributed by atoms with van der Waals surface area (Å²) in [5.74, 6) is -0.544. The summed E-state index contributed by atoms with van der Waals surface area (Å²) >= 11 is 0. The molecule has 0 atom stereocenters. The van der Waals surface area contributed by atoms with Gasteiger partial charge in [0.25, 0.3) is 0 Å². The molecule has 0 saturated heterocycles. The number of rotatable bonds is 6. The maximum Gasteiger partial charge on any atom is 0.416 e. The summed E-state index contributed by atoms with van der Waals surface area (Å²) in [5.41, 5.74) is 0.0339. The van der Waals surface area contributed by atoms with Gasteiger partial charge in [-0.05, 0) is 29.3 Å². The van der Waals surface area contributed by atoms with E-state index < -0.39 is 17.7 Å². The van der Waals surface area contributed by atoms with Crippen LogP contribution >= 0.6 is 0 Å². The van der Waals surface area contributed by atoms with Gasteiger partial charge in [0.1, 0.15) is 5.75 Å². The van der Waals surface area contributed by atoms with Gasteiger partial charge in [-0.25, -0.2) is 4.79 Å². The number of ether oxygens (including phenoxy) is 3. The number of halogens is 3. The second-order valence-electron chi connectivity index (χ2n) is 5.21. The molecule has 0 amide bonds. The van der Waals surface area contributed by atoms with Crippen LogP contribution < -0.4 is 4.74 Å². The molecule has 0 aliphatic carbocycles. The van der Waals surface area contributed by atoms with Crippen LogP contribution in [0.25, 0.3) is 5.57 Å². The van der Waals surface area contributed by atoms with E-state index in [9.17, 15) is 18.0 Å². The third-order valence-electron chi connectivity index (χ3n) is 3.48. The minimum Gasteiger partial charge on any atom is -0.467 e. The summed E-state index contributed by atoms with van der Waals surface area (Å²) in [4.78, 5) is 11.8. The first-order chi connectivity index (χ1) is 12.4. The molecular weight excluding hydrogens is 349 g/mol. The molecule has 0 radical (unpaired) electrons. The van der Waals surface area contributed by atoms with E-state index in [4.69, 9.17) is 9.47 Å². The largest absolute Gasteiger partial charge is 0.467 e. The fourth-order valence-electron chi connectivity index (χ4n) is 2.28. The summed E-state index contributed by atoms with van der Waals surface area (Å²) in [5, 5.41) is 0. The molecule has 4 nitrogen and oxygen atoms in total. The molecule has 0 aliphatic heterocycles. The van der Waals surface area contributed by atoms with E-state index in [0.29, 0.717) is 5.56 Å². The Labute approximate surface area is 148 Å². The number of methoxy groups -OCH3 is 2. The summed E-state index contributed by atoms with van der Waals surface area (Å²) in [7, 11) is 2.59. The Kier molecular flexibility index (Phi) is 6.41. The average molecular weight is 366 g/mol. The van der Waals surface area contributed by atoms with E-state index in [0.717, 1.165) is 18.2 Å². The first-order valence-corrected chi connectivity index (χ1v) is 7.55. The smallest absolute Gasteiger partial charge is 0.416 e. The van der Waals surface area contributed by atoms with Crippen LogP contribution in [0.4, 0.5) is 13.2 Å². The lowest BCUT2D eigenvalue weighted by Gasteiger charge is -2.17. The molecular formula is C19H17F3O4. The summed E-state index contributed by atoms with van der Waals surface area (Å²) < 4.78 is 54.4. The van der Waals surface area contributed by atoms with Crippen molar-refractivity contribution in [2.24, 2.45) is 0 Å². The molecule has 0 saturated carbocycles. The van der Waals surface area contributed by atoms with Crippen LogP contribution in [0.5, 0.6) is 5.75 Å². The second-order valence-corrected chi connectivity index (χ2v) is 5.21. The van der Waals surface area contributed by atoms with Crippen LogP contribution in [0.1, 0.15) is 16.7 Å². The van der Waals surface area contributed by atoms with Crippen LogP contribution in [0.3, 0.4) is 0 Å². The topological polar surface area (TPSA) is 44.8 Å². The van der Waals surface area contributed by atoms with E-state index in [-0.39, 0.29) is 23.7 Å². The lowest BCUT2D eigenvalue weighted by molar-refractivity contribution is -0.137. The number of hydrogen-bond donors (Lipinski definition) is 0. The van der Waals surface area contributed by atoms with Gasteiger partial charge in [-0.3, -0.25) is 0 Å². The Morgan fingerprint density at radius 2 is 1.77 bits per heavy atom. The molecule has 0 aliphatic rings. The van der Waals surface area contributed by atoms with Crippen LogP contribution in [-0.2, 0) is 20.4 Å². The zero-order valence-electron chi connectivity index (χ0n) is 14.2. The first kappa shape index (κ1) is 19.5. The van der Waals surface area contributed by atoms with Crippen molar-refractivity contribution in [2.75, 3.05) is 21.0 Å². The number of hydrogen-bond acceptors (Lipinski definition) is 4. The number of benzene rings is 2. The number of alkyl halides is 3. The Morgan fingerprint density at radius 1 is 1.08 bits per heavy atom. The molecule has 0 heterocycles. The van der Waals surface area contributed by atoms with E-state index >= 15 is 0 Å². The predicted molar refractivity (Wildman–Crippen MR) is 89.5 cm³/mol. The van der Waals surface area contributed by atoms with Gasteiger partial charge in [-0.1, -0.05) is 30.3 Å². The normalized spacial score (nSPS) is 12.0. The molecule has 2 aromatic rings. The highest BCUT2D eigenvalue weighted by molar-refractivity contribution is 5.97. The lowest BCUT2D eigenvalue weighted by Crippen LogP contribution is -2.08. The maximum absolute atomic E-state index is 13.2. The Hall–Kier alpha value is -2.80. The molecule has 26 heavy (non-hydrogen) atoms. The van der Waals surface area contributed by atoms with Crippen LogP contribution in [0.15, 0.2) is 54.6 Å². The fourth-order valence-corrected chi connectivity index (χ4v) is 2.28. The van der Waals surface area contributed by atoms with Gasteiger partial charge < -0.3 is 14.2 Å². The lowest BCUT2D eigenvalue weighted by atomic mass is 9.95. The van der Waals surface area contributed by atoms with Crippen molar-refractivity contribution in [3.63, 3.8) is 0 Å². The summed E-state index contributed by atoms with van der Waals surface area (Å²) in [6, 6.07) is 11.6. The molecule has 0 N–H and O–H groups in total. The molecule has 0 bridgehead atoms. The highest BCUT2D eigenvalue weighted by atomic mass is 19.4. The minimum absolute atomic E-state index is 0.105. The van der Waals surface area contributed by atoms with E-state index in [1.54, 1.807) is 30.3 Å². The Balaban J connectivity index is 2.67. The number of carbonyl (C=O) groups excluding carboxylic acids is 1. The third kappa shape index (κ3) is 4.86. The minimum atomic E-state index is -4.54. The molecule has 138 valence electrons. The number of carbonyl (C=O) groups is 1. The van der Waals surface area contributed by atoms with Gasteiger partial charge in [0.2, 0.25) is 0 Å². The first-order valence-electron chi connectivity index (χ1n) is 7.55. The van der Waals surface area contributed by atoms with Crippen molar-refractivity contribution in [1.29, 1.82) is 0 Å². The van der Waals surface area contributed by atoms with Crippen molar-refractivity contribution >= 4 is 11.5 Å². The van der Waals surface area contributed by atoms with Crippen LogP contribution in [0, 0.1) is 0 Å². The molecule has 0 unspecified atom stereocenters. The quantitative estimate of drug-likeness (QED) is 0.435. The highest BCUT2D eigenvalue weighted by Gasteiger charge is 2.31. The molecule has 2 aromatic carbocycles. The molecule has 7 heteroatoms. The van der Waals surface area contributed by atoms with Crippen molar-refractivity contribution in [2.45, 2.75) is 6.18 Å². The van der Waals surface area contributed by atoms with Gasteiger partial charge in [0.05, 0.1) is 12.7 Å². The monoisotopic (exact) mass is 366 g/mol. The molecule has 0 fully saturated rings. The maximum atomic E-state index is 13.2. The van der Waals surface area contributed by atoms with Crippen molar-refractivity contribution in [3.05, 3.63) is 71.3 Å². The van der Waals surface area contributed by atoms with Gasteiger partial charge in [-0.2, -0.15) is 13.2 Å².